The van der Waals surface area contributed by atoms with Crippen molar-refractivity contribution in [2.75, 3.05) is 6.54 Å². The molecule has 1 heterocycles. The average molecular weight is 315 g/mol. The molecule has 1 N–H and O–H groups in total. The summed E-state index contributed by atoms with van der Waals surface area (Å²) in [4.78, 5) is 24.7. The molecule has 4 nitrogen and oxygen atoms in total. The van der Waals surface area contributed by atoms with Crippen LogP contribution in [0.1, 0.15) is 35.7 Å². The summed E-state index contributed by atoms with van der Waals surface area (Å²) in [5.41, 5.74) is -1.36. The Bertz CT molecular complexity index is 586. The van der Waals surface area contributed by atoms with Crippen molar-refractivity contribution in [3.05, 3.63) is 35.4 Å². The number of nitrogens with zero attached hydrogens (tertiary/aromatic N) is 1. The van der Waals surface area contributed by atoms with Gasteiger partial charge in [-0.2, -0.15) is 13.2 Å². The van der Waals surface area contributed by atoms with E-state index in [1.807, 2.05) is 0 Å². The molecule has 0 saturated carbocycles. The number of carbonyl (C=O) groups is 2. The summed E-state index contributed by atoms with van der Waals surface area (Å²) in [6.45, 7) is 1.80. The van der Waals surface area contributed by atoms with Crippen LogP contribution in [0.15, 0.2) is 24.3 Å². The highest BCUT2D eigenvalue weighted by molar-refractivity contribution is 5.96. The van der Waals surface area contributed by atoms with Crippen LogP contribution in [0.25, 0.3) is 0 Å². The molecule has 0 radical (unpaired) electrons. The highest BCUT2D eigenvalue weighted by Crippen LogP contribution is 2.33. The van der Waals surface area contributed by atoms with Crippen molar-refractivity contribution >= 4 is 11.9 Å². The summed E-state index contributed by atoms with van der Waals surface area (Å²) in [5.74, 6) is -2.20. The van der Waals surface area contributed by atoms with E-state index in [0.717, 1.165) is 12.1 Å². The Kier molecular flexibility index (Phi) is 4.44. The Balaban J connectivity index is 2.25. The molecule has 1 aliphatic heterocycles. The summed E-state index contributed by atoms with van der Waals surface area (Å²) in [5, 5.41) is 9.00. The Morgan fingerprint density at radius 1 is 1.27 bits per heavy atom. The molecule has 2 atom stereocenters. The van der Waals surface area contributed by atoms with E-state index in [4.69, 9.17) is 5.11 Å². The van der Waals surface area contributed by atoms with E-state index in [2.05, 4.69) is 0 Å². The first-order valence-electron chi connectivity index (χ1n) is 6.91. The summed E-state index contributed by atoms with van der Waals surface area (Å²) >= 11 is 0. The highest BCUT2D eigenvalue weighted by atomic mass is 19.4. The summed E-state index contributed by atoms with van der Waals surface area (Å²) in [7, 11) is 0. The first-order valence-corrected chi connectivity index (χ1v) is 6.91. The number of halogens is 3. The van der Waals surface area contributed by atoms with E-state index in [1.165, 1.54) is 17.0 Å². The number of hydrogen-bond acceptors (Lipinski definition) is 2. The Hall–Kier alpha value is -2.05. The lowest BCUT2D eigenvalue weighted by Gasteiger charge is -2.36. The van der Waals surface area contributed by atoms with Gasteiger partial charge in [-0.3, -0.25) is 9.59 Å². The molecule has 22 heavy (non-hydrogen) atoms. The number of amides is 1. The molecule has 120 valence electrons. The smallest absolute Gasteiger partial charge is 0.417 e. The lowest BCUT2D eigenvalue weighted by molar-refractivity contribution is -0.143. The number of hydrogen-bond donors (Lipinski definition) is 1. The highest BCUT2D eigenvalue weighted by Gasteiger charge is 2.38. The molecule has 1 amide bonds. The molecule has 1 aromatic rings. The molecule has 1 fully saturated rings. The Labute approximate surface area is 125 Å². The van der Waals surface area contributed by atoms with Gasteiger partial charge in [0.2, 0.25) is 0 Å². The second-order valence-electron chi connectivity index (χ2n) is 5.45. The van der Waals surface area contributed by atoms with Gasteiger partial charge >= 0.3 is 12.1 Å². The minimum Gasteiger partial charge on any atom is -0.481 e. The fourth-order valence-electron chi connectivity index (χ4n) is 2.77. The quantitative estimate of drug-likeness (QED) is 0.912. The predicted molar refractivity (Wildman–Crippen MR) is 72.3 cm³/mol. The van der Waals surface area contributed by atoms with Gasteiger partial charge in [-0.1, -0.05) is 12.1 Å². The molecule has 0 bridgehead atoms. The summed E-state index contributed by atoms with van der Waals surface area (Å²) in [6.07, 6.45) is -4.11. The predicted octanol–water partition coefficient (Wildman–Crippen LogP) is 3.03. The van der Waals surface area contributed by atoms with Crippen molar-refractivity contribution in [2.24, 2.45) is 5.92 Å². The molecular weight excluding hydrogens is 299 g/mol. The van der Waals surface area contributed by atoms with Gasteiger partial charge in [0.05, 0.1) is 17.0 Å². The minimum absolute atomic E-state index is 0.142. The van der Waals surface area contributed by atoms with Crippen molar-refractivity contribution in [1.29, 1.82) is 0 Å². The van der Waals surface area contributed by atoms with Gasteiger partial charge in [-0.05, 0) is 31.9 Å². The second-order valence-corrected chi connectivity index (χ2v) is 5.45. The zero-order valence-electron chi connectivity index (χ0n) is 11.9. The molecule has 2 unspecified atom stereocenters. The topological polar surface area (TPSA) is 57.6 Å². The van der Waals surface area contributed by atoms with E-state index in [9.17, 15) is 22.8 Å². The normalized spacial score (nSPS) is 22.5. The van der Waals surface area contributed by atoms with Crippen LogP contribution in [0.5, 0.6) is 0 Å². The van der Waals surface area contributed by atoms with Gasteiger partial charge in [0, 0.05) is 12.6 Å². The second kappa shape index (κ2) is 5.98. The molecule has 2 rings (SSSR count). The average Bonchev–Trinajstić information content (AvgIpc) is 2.45. The van der Waals surface area contributed by atoms with Crippen LogP contribution >= 0.6 is 0 Å². The lowest BCUT2D eigenvalue weighted by Crippen LogP contribution is -2.46. The number of carboxylic acids is 1. The number of aliphatic carboxylic acids is 1. The molecule has 7 heteroatoms. The van der Waals surface area contributed by atoms with Crippen LogP contribution in [-0.4, -0.2) is 34.5 Å². The van der Waals surface area contributed by atoms with Gasteiger partial charge in [0.25, 0.3) is 5.91 Å². The fraction of sp³-hybridized carbons (Fsp3) is 0.467. The van der Waals surface area contributed by atoms with Crippen molar-refractivity contribution in [3.8, 4) is 0 Å². The first-order chi connectivity index (χ1) is 10.2. The van der Waals surface area contributed by atoms with Gasteiger partial charge in [-0.25, -0.2) is 0 Å². The van der Waals surface area contributed by atoms with E-state index in [0.29, 0.717) is 0 Å². The van der Waals surface area contributed by atoms with Crippen LogP contribution in [0.4, 0.5) is 13.2 Å². The number of rotatable bonds is 2. The maximum Gasteiger partial charge on any atom is 0.417 e. The van der Waals surface area contributed by atoms with Crippen LogP contribution in [0.3, 0.4) is 0 Å². The van der Waals surface area contributed by atoms with E-state index >= 15 is 0 Å². The Morgan fingerprint density at radius 2 is 1.91 bits per heavy atom. The third-order valence-corrected chi connectivity index (χ3v) is 3.95. The minimum atomic E-state index is -4.60. The van der Waals surface area contributed by atoms with Crippen LogP contribution < -0.4 is 0 Å². The molecular formula is C15H16F3NO3. The molecule has 0 spiro atoms. The third kappa shape index (κ3) is 3.23. The molecule has 0 aromatic heterocycles. The van der Waals surface area contributed by atoms with Gasteiger partial charge < -0.3 is 10.0 Å². The van der Waals surface area contributed by atoms with E-state index < -0.39 is 41.1 Å². The fourth-order valence-corrected chi connectivity index (χ4v) is 2.77. The molecule has 1 saturated heterocycles. The largest absolute Gasteiger partial charge is 0.481 e. The maximum absolute atomic E-state index is 13.0. The number of likely N-dealkylation sites (tertiary alicyclic amines) is 1. The van der Waals surface area contributed by atoms with Crippen molar-refractivity contribution in [3.63, 3.8) is 0 Å². The van der Waals surface area contributed by atoms with Gasteiger partial charge in [0.1, 0.15) is 0 Å². The van der Waals surface area contributed by atoms with Crippen LogP contribution in [-0.2, 0) is 11.0 Å². The van der Waals surface area contributed by atoms with Crippen LogP contribution in [0, 0.1) is 5.92 Å². The standard InChI is InChI=1S/C15H16F3NO3/c1-9-8-10(14(21)22)6-7-19(9)13(20)11-4-2-3-5-12(11)15(16,17)18/h2-5,9-10H,6-8H2,1H3,(H,21,22). The molecule has 1 aliphatic rings. The zero-order chi connectivity index (χ0) is 16.5. The molecule has 1 aromatic carbocycles. The lowest BCUT2D eigenvalue weighted by atomic mass is 9.91. The third-order valence-electron chi connectivity index (χ3n) is 3.95. The summed E-state index contributed by atoms with van der Waals surface area (Å²) in [6, 6.07) is 4.24. The maximum atomic E-state index is 13.0. The number of alkyl halides is 3. The SMILES string of the molecule is CC1CC(C(=O)O)CCN1C(=O)c1ccccc1C(F)(F)F. The zero-order valence-corrected chi connectivity index (χ0v) is 11.9. The van der Waals surface area contributed by atoms with Crippen molar-refractivity contribution < 1.29 is 27.9 Å². The van der Waals surface area contributed by atoms with E-state index in [-0.39, 0.29) is 19.4 Å². The number of carboxylic acid groups (broad SMARTS) is 1. The first kappa shape index (κ1) is 16.3. The number of piperidine rings is 1. The number of carbonyl (C=O) groups excluding carboxylic acids is 1. The van der Waals surface area contributed by atoms with Gasteiger partial charge in [0.15, 0.2) is 0 Å². The Morgan fingerprint density at radius 3 is 2.45 bits per heavy atom. The van der Waals surface area contributed by atoms with E-state index in [1.54, 1.807) is 6.92 Å². The van der Waals surface area contributed by atoms with Crippen molar-refractivity contribution in [1.82, 2.24) is 4.90 Å². The van der Waals surface area contributed by atoms with Crippen molar-refractivity contribution in [2.45, 2.75) is 32.0 Å². The van der Waals surface area contributed by atoms with Crippen LogP contribution in [0.2, 0.25) is 0 Å². The monoisotopic (exact) mass is 315 g/mol. The molecule has 0 aliphatic carbocycles. The summed E-state index contributed by atoms with van der Waals surface area (Å²) < 4.78 is 39.0. The number of benzene rings is 1. The van der Waals surface area contributed by atoms with Gasteiger partial charge in [-0.15, -0.1) is 0 Å².